The van der Waals surface area contributed by atoms with E-state index < -0.39 is 6.43 Å². The first kappa shape index (κ1) is 13.8. The summed E-state index contributed by atoms with van der Waals surface area (Å²) in [5.41, 5.74) is 1.93. The summed E-state index contributed by atoms with van der Waals surface area (Å²) in [4.78, 5) is 1.60. The number of halogens is 2. The molecule has 2 rings (SSSR count). The summed E-state index contributed by atoms with van der Waals surface area (Å²) in [5.74, 6) is 0.240. The molecule has 19 heavy (non-hydrogen) atoms. The van der Waals surface area contributed by atoms with Crippen molar-refractivity contribution in [2.75, 3.05) is 20.1 Å². The maximum Gasteiger partial charge on any atom is 0.251 e. The van der Waals surface area contributed by atoms with E-state index in [9.17, 15) is 13.9 Å². The van der Waals surface area contributed by atoms with Gasteiger partial charge in [-0.2, -0.15) is 0 Å². The normalized spacial score (nSPS) is 11.9. The molecule has 1 aromatic carbocycles. The Morgan fingerprint density at radius 1 is 1.37 bits per heavy atom. The Kier molecular flexibility index (Phi) is 4.04. The zero-order valence-electron chi connectivity index (χ0n) is 11.1. The van der Waals surface area contributed by atoms with Crippen LogP contribution in [0, 0.1) is 0 Å². The first-order chi connectivity index (χ1) is 8.99. The summed E-state index contributed by atoms with van der Waals surface area (Å²) in [6.07, 6.45) is 0.268. The van der Waals surface area contributed by atoms with Crippen molar-refractivity contribution in [1.82, 2.24) is 9.47 Å². The second-order valence-corrected chi connectivity index (χ2v) is 4.84. The third kappa shape index (κ3) is 3.04. The molecule has 1 aromatic heterocycles. The van der Waals surface area contributed by atoms with E-state index in [1.54, 1.807) is 24.1 Å². The van der Waals surface area contributed by atoms with Crippen molar-refractivity contribution in [3.05, 3.63) is 30.0 Å². The fraction of sp³-hybridized carbons (Fsp3) is 0.429. The van der Waals surface area contributed by atoms with Gasteiger partial charge in [0.05, 0.1) is 12.1 Å². The predicted octanol–water partition coefficient (Wildman–Crippen LogP) is 2.62. The minimum Gasteiger partial charge on any atom is -0.507 e. The number of fused-ring (bicyclic) bond motifs is 1. The van der Waals surface area contributed by atoms with E-state index in [-0.39, 0.29) is 12.3 Å². The summed E-state index contributed by atoms with van der Waals surface area (Å²) in [6.45, 7) is 0.314. The van der Waals surface area contributed by atoms with Crippen LogP contribution in [0.25, 0.3) is 10.9 Å². The smallest absolute Gasteiger partial charge is 0.251 e. The Labute approximate surface area is 111 Å². The van der Waals surface area contributed by atoms with Crippen LogP contribution in [0.1, 0.15) is 5.56 Å². The van der Waals surface area contributed by atoms with Gasteiger partial charge in [0.2, 0.25) is 0 Å². The molecule has 0 spiro atoms. The van der Waals surface area contributed by atoms with Crippen LogP contribution in [0.3, 0.4) is 0 Å². The molecule has 0 unspecified atom stereocenters. The standard InChI is InChI=1S/C14H18F2N2O/c1-17(9-13(15)16)7-6-10-8-18(2)11-4-3-5-12(19)14(10)11/h3-5,8,13,19H,6-7,9H2,1-2H3. The second-order valence-electron chi connectivity index (χ2n) is 4.84. The minimum atomic E-state index is -2.31. The lowest BCUT2D eigenvalue weighted by Crippen LogP contribution is -2.26. The average Bonchev–Trinajstić information content (AvgIpc) is 2.65. The molecule has 0 aliphatic rings. The molecule has 0 fully saturated rings. The van der Waals surface area contributed by atoms with Crippen LogP contribution in [0.5, 0.6) is 5.75 Å². The second kappa shape index (κ2) is 5.57. The molecule has 0 amide bonds. The first-order valence-electron chi connectivity index (χ1n) is 6.21. The lowest BCUT2D eigenvalue weighted by Gasteiger charge is -2.15. The predicted molar refractivity (Wildman–Crippen MR) is 71.8 cm³/mol. The molecule has 2 aromatic rings. The molecule has 0 saturated heterocycles. The molecule has 0 aliphatic carbocycles. The molecule has 5 heteroatoms. The number of benzene rings is 1. The van der Waals surface area contributed by atoms with E-state index in [4.69, 9.17) is 0 Å². The monoisotopic (exact) mass is 268 g/mol. The maximum atomic E-state index is 12.2. The van der Waals surface area contributed by atoms with Crippen molar-refractivity contribution in [1.29, 1.82) is 0 Å². The number of rotatable bonds is 5. The zero-order valence-corrected chi connectivity index (χ0v) is 11.1. The van der Waals surface area contributed by atoms with Crippen LogP contribution in [0.2, 0.25) is 0 Å². The highest BCUT2D eigenvalue weighted by Crippen LogP contribution is 2.29. The Balaban J connectivity index is 2.17. The number of nitrogens with zero attached hydrogens (tertiary/aromatic N) is 2. The highest BCUT2D eigenvalue weighted by Gasteiger charge is 2.12. The number of aromatic nitrogens is 1. The SMILES string of the molecule is CN(CCc1cn(C)c2cccc(O)c12)CC(F)F. The molecule has 0 bridgehead atoms. The third-order valence-electron chi connectivity index (χ3n) is 3.28. The molecular formula is C14H18F2N2O. The van der Waals surface area contributed by atoms with E-state index in [1.807, 2.05) is 23.9 Å². The van der Waals surface area contributed by atoms with E-state index >= 15 is 0 Å². The molecular weight excluding hydrogens is 250 g/mol. The van der Waals surface area contributed by atoms with Gasteiger partial charge in [-0.3, -0.25) is 0 Å². The molecule has 0 saturated carbocycles. The maximum absolute atomic E-state index is 12.2. The molecule has 3 nitrogen and oxygen atoms in total. The number of phenols is 1. The van der Waals surface area contributed by atoms with Crippen molar-refractivity contribution in [3.63, 3.8) is 0 Å². The molecule has 0 aliphatic heterocycles. The minimum absolute atomic E-state index is 0.225. The first-order valence-corrected chi connectivity index (χ1v) is 6.21. The van der Waals surface area contributed by atoms with Crippen LogP contribution in [0.15, 0.2) is 24.4 Å². The number of alkyl halides is 2. The van der Waals surface area contributed by atoms with Gasteiger partial charge in [-0.15, -0.1) is 0 Å². The number of aryl methyl sites for hydroxylation is 1. The zero-order chi connectivity index (χ0) is 14.0. The average molecular weight is 268 g/mol. The number of likely N-dealkylation sites (N-methyl/N-ethyl adjacent to an activating group) is 1. The Hall–Kier alpha value is -1.62. The Bertz CT molecular complexity index is 566. The van der Waals surface area contributed by atoms with Gasteiger partial charge in [-0.05, 0) is 31.2 Å². The van der Waals surface area contributed by atoms with Crippen molar-refractivity contribution < 1.29 is 13.9 Å². The Morgan fingerprint density at radius 3 is 2.79 bits per heavy atom. The van der Waals surface area contributed by atoms with Gasteiger partial charge in [-0.25, -0.2) is 8.78 Å². The van der Waals surface area contributed by atoms with E-state index in [2.05, 4.69) is 0 Å². The Morgan fingerprint density at radius 2 is 2.11 bits per heavy atom. The third-order valence-corrected chi connectivity index (χ3v) is 3.28. The van der Waals surface area contributed by atoms with Gasteiger partial charge in [0.25, 0.3) is 6.43 Å². The fourth-order valence-corrected chi connectivity index (χ4v) is 2.35. The number of hydrogen-bond donors (Lipinski definition) is 1. The van der Waals surface area contributed by atoms with Gasteiger partial charge >= 0.3 is 0 Å². The topological polar surface area (TPSA) is 28.4 Å². The van der Waals surface area contributed by atoms with E-state index in [0.717, 1.165) is 16.5 Å². The quantitative estimate of drug-likeness (QED) is 0.903. The van der Waals surface area contributed by atoms with Gasteiger partial charge in [0, 0.05) is 25.2 Å². The van der Waals surface area contributed by atoms with Crippen LogP contribution in [-0.4, -0.2) is 41.1 Å². The van der Waals surface area contributed by atoms with Crippen molar-refractivity contribution >= 4 is 10.9 Å². The lowest BCUT2D eigenvalue weighted by atomic mass is 10.1. The molecule has 0 atom stereocenters. The van der Waals surface area contributed by atoms with Crippen molar-refractivity contribution in [3.8, 4) is 5.75 Å². The van der Waals surface area contributed by atoms with Gasteiger partial charge in [0.15, 0.2) is 0 Å². The summed E-state index contributed by atoms with van der Waals surface area (Å²) in [5, 5.41) is 10.7. The highest BCUT2D eigenvalue weighted by molar-refractivity contribution is 5.89. The summed E-state index contributed by atoms with van der Waals surface area (Å²) < 4.78 is 26.4. The van der Waals surface area contributed by atoms with Gasteiger partial charge < -0.3 is 14.6 Å². The van der Waals surface area contributed by atoms with Crippen LogP contribution in [-0.2, 0) is 13.5 Å². The van der Waals surface area contributed by atoms with Crippen LogP contribution >= 0.6 is 0 Å². The van der Waals surface area contributed by atoms with Crippen LogP contribution < -0.4 is 0 Å². The molecule has 0 radical (unpaired) electrons. The van der Waals surface area contributed by atoms with Crippen LogP contribution in [0.4, 0.5) is 8.78 Å². The molecule has 1 heterocycles. The highest BCUT2D eigenvalue weighted by atomic mass is 19.3. The van der Waals surface area contributed by atoms with E-state index in [1.165, 1.54) is 0 Å². The largest absolute Gasteiger partial charge is 0.507 e. The van der Waals surface area contributed by atoms with Crippen molar-refractivity contribution in [2.24, 2.45) is 7.05 Å². The lowest BCUT2D eigenvalue weighted by molar-refractivity contribution is 0.101. The number of phenolic OH excluding ortho intramolecular Hbond substituents is 1. The molecule has 1 N–H and O–H groups in total. The van der Waals surface area contributed by atoms with Gasteiger partial charge in [-0.1, -0.05) is 6.07 Å². The fourth-order valence-electron chi connectivity index (χ4n) is 2.35. The summed E-state index contributed by atoms with van der Waals surface area (Å²) >= 11 is 0. The summed E-state index contributed by atoms with van der Waals surface area (Å²) in [6, 6.07) is 5.38. The number of hydrogen-bond acceptors (Lipinski definition) is 2. The van der Waals surface area contributed by atoms with E-state index in [0.29, 0.717) is 13.0 Å². The summed E-state index contributed by atoms with van der Waals surface area (Å²) in [7, 11) is 3.59. The van der Waals surface area contributed by atoms with Gasteiger partial charge in [0.1, 0.15) is 5.75 Å². The molecule has 104 valence electrons. The number of aromatic hydroxyl groups is 1. The van der Waals surface area contributed by atoms with Crippen molar-refractivity contribution in [2.45, 2.75) is 12.8 Å².